The average Bonchev–Trinajstić information content (AvgIpc) is 3.65. The van der Waals surface area contributed by atoms with Crippen molar-refractivity contribution in [2.45, 2.75) is 45.3 Å². The third-order valence-electron chi connectivity index (χ3n) is 6.15. The molecule has 1 aliphatic heterocycles. The van der Waals surface area contributed by atoms with Gasteiger partial charge >= 0.3 is 0 Å². The minimum Gasteiger partial charge on any atom is -0.467 e. The molecule has 5 rings (SSSR count). The molecule has 1 aromatic carbocycles. The first-order valence-electron chi connectivity index (χ1n) is 11.8. The van der Waals surface area contributed by atoms with Gasteiger partial charge in [0.2, 0.25) is 11.9 Å². The summed E-state index contributed by atoms with van der Waals surface area (Å²) in [6.07, 6.45) is 3.96. The van der Waals surface area contributed by atoms with Crippen molar-refractivity contribution in [1.29, 1.82) is 0 Å². The van der Waals surface area contributed by atoms with Crippen LogP contribution in [0.5, 0.6) is 0 Å². The summed E-state index contributed by atoms with van der Waals surface area (Å²) in [5, 5.41) is 17.2. The summed E-state index contributed by atoms with van der Waals surface area (Å²) in [5.74, 6) is 1.75. The fraction of sp³-hybridized carbons (Fsp3) is 0.360. The first-order chi connectivity index (χ1) is 17.0. The standard InChI is InChI=1S/C25H29N7O2S/c1-17-8-10-20(11-9-17)32-19(3)23(18(2)29-32)26-22(33)16-35-25-28-27-24(30-12-4-5-13-30)31(25)15-21-7-6-14-34-21/h6-11,14H,4-5,12-13,15-16H2,1-3H3,(H,26,33). The van der Waals surface area contributed by atoms with Crippen LogP contribution in [0.4, 0.5) is 11.6 Å². The maximum atomic E-state index is 12.9. The van der Waals surface area contributed by atoms with Crippen LogP contribution in [-0.2, 0) is 11.3 Å². The number of anilines is 2. The summed E-state index contributed by atoms with van der Waals surface area (Å²) in [6.45, 7) is 8.37. The zero-order valence-corrected chi connectivity index (χ0v) is 21.0. The summed E-state index contributed by atoms with van der Waals surface area (Å²) in [5.41, 5.74) is 4.56. The molecule has 3 aromatic heterocycles. The zero-order valence-electron chi connectivity index (χ0n) is 20.2. The summed E-state index contributed by atoms with van der Waals surface area (Å²) >= 11 is 1.37. The fourth-order valence-corrected chi connectivity index (χ4v) is 5.04. The molecule has 35 heavy (non-hydrogen) atoms. The lowest BCUT2D eigenvalue weighted by molar-refractivity contribution is -0.113. The number of thioether (sulfide) groups is 1. The molecule has 0 saturated carbocycles. The maximum absolute atomic E-state index is 12.9. The molecule has 1 saturated heterocycles. The van der Waals surface area contributed by atoms with E-state index in [9.17, 15) is 4.79 Å². The number of nitrogens with zero attached hydrogens (tertiary/aromatic N) is 6. The molecule has 1 fully saturated rings. The molecule has 0 spiro atoms. The van der Waals surface area contributed by atoms with Gasteiger partial charge in [-0.05, 0) is 57.9 Å². The molecular weight excluding hydrogens is 462 g/mol. The maximum Gasteiger partial charge on any atom is 0.234 e. The van der Waals surface area contributed by atoms with Gasteiger partial charge in [0, 0.05) is 13.1 Å². The minimum absolute atomic E-state index is 0.111. The summed E-state index contributed by atoms with van der Waals surface area (Å²) in [6, 6.07) is 12.0. The van der Waals surface area contributed by atoms with E-state index in [1.165, 1.54) is 17.3 Å². The predicted molar refractivity (Wildman–Crippen MR) is 136 cm³/mol. The Hall–Kier alpha value is -3.53. The summed E-state index contributed by atoms with van der Waals surface area (Å²) in [4.78, 5) is 15.2. The van der Waals surface area contributed by atoms with Gasteiger partial charge in [0.05, 0.1) is 41.3 Å². The Balaban J connectivity index is 1.30. The molecule has 0 radical (unpaired) electrons. The highest BCUT2D eigenvalue weighted by Gasteiger charge is 2.23. The number of carbonyl (C=O) groups is 1. The van der Waals surface area contributed by atoms with E-state index < -0.39 is 0 Å². The lowest BCUT2D eigenvalue weighted by Crippen LogP contribution is -2.23. The van der Waals surface area contributed by atoms with Gasteiger partial charge in [-0.2, -0.15) is 5.10 Å². The van der Waals surface area contributed by atoms with E-state index in [-0.39, 0.29) is 11.7 Å². The van der Waals surface area contributed by atoms with Crippen molar-refractivity contribution in [3.63, 3.8) is 0 Å². The van der Waals surface area contributed by atoms with Crippen LogP contribution in [0.2, 0.25) is 0 Å². The van der Waals surface area contributed by atoms with Crippen molar-refractivity contribution in [2.75, 3.05) is 29.1 Å². The molecule has 0 unspecified atom stereocenters. The molecule has 182 valence electrons. The Bertz CT molecular complexity index is 1300. The van der Waals surface area contributed by atoms with Gasteiger partial charge in [-0.15, -0.1) is 10.2 Å². The number of hydrogen-bond donors (Lipinski definition) is 1. The van der Waals surface area contributed by atoms with Crippen molar-refractivity contribution < 1.29 is 9.21 Å². The molecule has 10 heteroatoms. The first kappa shape index (κ1) is 23.2. The number of aromatic nitrogens is 5. The Kier molecular flexibility index (Phi) is 6.63. The van der Waals surface area contributed by atoms with Gasteiger partial charge in [-0.1, -0.05) is 29.5 Å². The SMILES string of the molecule is Cc1ccc(-n2nc(C)c(NC(=O)CSc3nnc(N4CCCC4)n3Cc3ccco3)c2C)cc1. The van der Waals surface area contributed by atoms with Crippen LogP contribution < -0.4 is 10.2 Å². The van der Waals surface area contributed by atoms with Crippen molar-refractivity contribution in [3.8, 4) is 5.69 Å². The number of amides is 1. The van der Waals surface area contributed by atoms with Gasteiger partial charge in [-0.3, -0.25) is 9.36 Å². The van der Waals surface area contributed by atoms with Crippen molar-refractivity contribution in [2.24, 2.45) is 0 Å². The highest BCUT2D eigenvalue weighted by Crippen LogP contribution is 2.27. The van der Waals surface area contributed by atoms with Crippen LogP contribution in [0.25, 0.3) is 5.69 Å². The molecule has 4 aromatic rings. The monoisotopic (exact) mass is 491 g/mol. The van der Waals surface area contributed by atoms with Crippen molar-refractivity contribution >= 4 is 29.3 Å². The van der Waals surface area contributed by atoms with Crippen LogP contribution in [0, 0.1) is 20.8 Å². The molecule has 1 N–H and O–H groups in total. The van der Waals surface area contributed by atoms with Gasteiger partial charge in [0.15, 0.2) is 5.16 Å². The number of hydrogen-bond acceptors (Lipinski definition) is 7. The zero-order chi connectivity index (χ0) is 24.4. The molecule has 0 atom stereocenters. The van der Waals surface area contributed by atoms with Crippen molar-refractivity contribution in [3.05, 3.63) is 65.4 Å². The third kappa shape index (κ3) is 4.97. The number of aryl methyl sites for hydroxylation is 2. The van der Waals surface area contributed by atoms with E-state index in [0.717, 1.165) is 60.4 Å². The van der Waals surface area contributed by atoms with Crippen LogP contribution in [0.15, 0.2) is 52.2 Å². The second-order valence-electron chi connectivity index (χ2n) is 8.77. The van der Waals surface area contributed by atoms with E-state index in [4.69, 9.17) is 4.42 Å². The molecule has 1 aliphatic rings. The molecule has 0 aliphatic carbocycles. The Morgan fingerprint density at radius 2 is 1.86 bits per heavy atom. The minimum atomic E-state index is -0.111. The third-order valence-corrected chi connectivity index (χ3v) is 7.11. The summed E-state index contributed by atoms with van der Waals surface area (Å²) < 4.78 is 9.46. The average molecular weight is 492 g/mol. The second-order valence-corrected chi connectivity index (χ2v) is 9.71. The fourth-order valence-electron chi connectivity index (χ4n) is 4.30. The van der Waals surface area contributed by atoms with Gasteiger partial charge < -0.3 is 14.6 Å². The van der Waals surface area contributed by atoms with Crippen LogP contribution >= 0.6 is 11.8 Å². The van der Waals surface area contributed by atoms with E-state index in [1.807, 2.05) is 47.4 Å². The number of furan rings is 1. The van der Waals surface area contributed by atoms with Gasteiger partial charge in [0.25, 0.3) is 0 Å². The number of benzene rings is 1. The molecular formula is C25H29N7O2S. The largest absolute Gasteiger partial charge is 0.467 e. The quantitative estimate of drug-likeness (QED) is 0.366. The van der Waals surface area contributed by atoms with Crippen molar-refractivity contribution in [1.82, 2.24) is 24.5 Å². The topological polar surface area (TPSA) is 94.0 Å². The van der Waals surface area contributed by atoms with Crippen LogP contribution in [0.3, 0.4) is 0 Å². The first-order valence-corrected chi connectivity index (χ1v) is 12.7. The van der Waals surface area contributed by atoms with E-state index in [0.29, 0.717) is 11.7 Å². The lowest BCUT2D eigenvalue weighted by Gasteiger charge is -2.17. The Morgan fingerprint density at radius 1 is 1.09 bits per heavy atom. The summed E-state index contributed by atoms with van der Waals surface area (Å²) in [7, 11) is 0. The van der Waals surface area contributed by atoms with Crippen LogP contribution in [-0.4, -0.2) is 49.3 Å². The lowest BCUT2D eigenvalue weighted by atomic mass is 10.2. The normalized spacial score (nSPS) is 13.5. The van der Waals surface area contributed by atoms with E-state index >= 15 is 0 Å². The number of nitrogens with one attached hydrogen (secondary N) is 1. The molecule has 9 nitrogen and oxygen atoms in total. The van der Waals surface area contributed by atoms with E-state index in [2.05, 4.69) is 44.6 Å². The van der Waals surface area contributed by atoms with Gasteiger partial charge in [0.1, 0.15) is 5.76 Å². The highest BCUT2D eigenvalue weighted by molar-refractivity contribution is 7.99. The van der Waals surface area contributed by atoms with Gasteiger partial charge in [-0.25, -0.2) is 4.68 Å². The van der Waals surface area contributed by atoms with E-state index in [1.54, 1.807) is 6.26 Å². The highest BCUT2D eigenvalue weighted by atomic mass is 32.2. The van der Waals surface area contributed by atoms with Crippen LogP contribution in [0.1, 0.15) is 35.6 Å². The number of carbonyl (C=O) groups excluding carboxylic acids is 1. The second kappa shape index (κ2) is 9.99. The number of rotatable bonds is 8. The molecule has 1 amide bonds. The molecule has 0 bridgehead atoms. The predicted octanol–water partition coefficient (Wildman–Crippen LogP) is 4.36. The smallest absolute Gasteiger partial charge is 0.234 e. The Labute approximate surface area is 208 Å². The molecule has 4 heterocycles. The Morgan fingerprint density at radius 3 is 2.57 bits per heavy atom.